The summed E-state index contributed by atoms with van der Waals surface area (Å²) in [6, 6.07) is 9.42. The third-order valence-corrected chi connectivity index (χ3v) is 4.22. The Morgan fingerprint density at radius 2 is 1.80 bits per heavy atom. The number of anilines is 1. The Hall–Kier alpha value is -1.02. The molecular formula is C18H30N2. The van der Waals surface area contributed by atoms with Crippen molar-refractivity contribution >= 4 is 5.69 Å². The summed E-state index contributed by atoms with van der Waals surface area (Å²) >= 11 is 0. The van der Waals surface area contributed by atoms with Crippen LogP contribution in [0.25, 0.3) is 0 Å². The van der Waals surface area contributed by atoms with Crippen LogP contribution in [0.2, 0.25) is 0 Å². The molecule has 0 unspecified atom stereocenters. The van der Waals surface area contributed by atoms with E-state index in [1.165, 1.54) is 50.1 Å². The fraction of sp³-hybridized carbons (Fsp3) is 0.667. The molecule has 0 spiro atoms. The zero-order valence-corrected chi connectivity index (χ0v) is 13.6. The Morgan fingerprint density at radius 1 is 1.15 bits per heavy atom. The third-order valence-electron chi connectivity index (χ3n) is 4.22. The van der Waals surface area contributed by atoms with Gasteiger partial charge in [-0.15, -0.1) is 0 Å². The van der Waals surface area contributed by atoms with Crippen LogP contribution in [0.15, 0.2) is 24.3 Å². The summed E-state index contributed by atoms with van der Waals surface area (Å²) in [7, 11) is 0. The van der Waals surface area contributed by atoms with Crippen molar-refractivity contribution < 1.29 is 0 Å². The smallest absolute Gasteiger partial charge is 0.0380 e. The molecule has 1 aromatic rings. The van der Waals surface area contributed by atoms with Crippen LogP contribution in [0.4, 0.5) is 5.69 Å². The molecule has 1 heterocycles. The quantitative estimate of drug-likeness (QED) is 0.882. The van der Waals surface area contributed by atoms with Gasteiger partial charge in [0.05, 0.1) is 0 Å². The molecule has 0 bridgehead atoms. The van der Waals surface area contributed by atoms with Gasteiger partial charge in [0.15, 0.2) is 0 Å². The van der Waals surface area contributed by atoms with Crippen molar-refractivity contribution in [2.75, 3.05) is 25.0 Å². The molecule has 20 heavy (non-hydrogen) atoms. The maximum absolute atomic E-state index is 3.79. The molecule has 2 rings (SSSR count). The lowest BCUT2D eigenvalue weighted by atomic mass is 9.85. The fourth-order valence-electron chi connectivity index (χ4n) is 3.10. The maximum atomic E-state index is 3.79. The second-order valence-corrected chi connectivity index (χ2v) is 7.06. The standard InChI is InChI=1S/C18H30N2/c1-5-12-20-13-10-15(11-14-20)19-17-9-7-6-8-16(17)18(2,3)4/h6-9,15,19H,5,10-14H2,1-4H3. The van der Waals surface area contributed by atoms with Gasteiger partial charge in [0, 0.05) is 24.8 Å². The summed E-state index contributed by atoms with van der Waals surface area (Å²) in [5, 5.41) is 3.79. The van der Waals surface area contributed by atoms with Crippen LogP contribution < -0.4 is 5.32 Å². The summed E-state index contributed by atoms with van der Waals surface area (Å²) in [5.41, 5.74) is 2.96. The number of likely N-dealkylation sites (tertiary alicyclic amines) is 1. The minimum Gasteiger partial charge on any atom is -0.382 e. The number of rotatable bonds is 4. The van der Waals surface area contributed by atoms with E-state index in [1.807, 2.05) is 0 Å². The molecule has 1 N–H and O–H groups in total. The van der Waals surface area contributed by atoms with Crippen molar-refractivity contribution in [1.82, 2.24) is 4.90 Å². The first-order valence-corrected chi connectivity index (χ1v) is 8.09. The highest BCUT2D eigenvalue weighted by atomic mass is 15.1. The second-order valence-electron chi connectivity index (χ2n) is 7.06. The number of hydrogen-bond acceptors (Lipinski definition) is 2. The Morgan fingerprint density at radius 3 is 2.40 bits per heavy atom. The molecule has 1 aliphatic heterocycles. The van der Waals surface area contributed by atoms with Gasteiger partial charge in [-0.3, -0.25) is 0 Å². The van der Waals surface area contributed by atoms with Gasteiger partial charge in [-0.25, -0.2) is 0 Å². The predicted octanol–water partition coefficient (Wildman–Crippen LogP) is 4.27. The van der Waals surface area contributed by atoms with E-state index in [9.17, 15) is 0 Å². The Labute approximate surface area is 124 Å². The van der Waals surface area contributed by atoms with E-state index in [0.29, 0.717) is 6.04 Å². The highest BCUT2D eigenvalue weighted by molar-refractivity contribution is 5.54. The molecule has 0 atom stereocenters. The Bertz CT molecular complexity index is 412. The minimum atomic E-state index is 0.201. The van der Waals surface area contributed by atoms with Crippen LogP contribution in [0.3, 0.4) is 0 Å². The fourth-order valence-corrected chi connectivity index (χ4v) is 3.10. The summed E-state index contributed by atoms with van der Waals surface area (Å²) in [6.07, 6.45) is 3.79. The lowest BCUT2D eigenvalue weighted by Gasteiger charge is -2.34. The third kappa shape index (κ3) is 3.99. The first-order valence-electron chi connectivity index (χ1n) is 8.09. The molecule has 0 radical (unpaired) electrons. The number of piperidine rings is 1. The molecule has 1 fully saturated rings. The lowest BCUT2D eigenvalue weighted by Crippen LogP contribution is -2.39. The van der Waals surface area contributed by atoms with E-state index in [-0.39, 0.29) is 5.41 Å². The first-order chi connectivity index (χ1) is 9.50. The maximum Gasteiger partial charge on any atom is 0.0380 e. The average molecular weight is 274 g/mol. The van der Waals surface area contributed by atoms with Crippen molar-refractivity contribution in [2.24, 2.45) is 0 Å². The number of benzene rings is 1. The number of nitrogens with zero attached hydrogens (tertiary/aromatic N) is 1. The van der Waals surface area contributed by atoms with E-state index >= 15 is 0 Å². The van der Waals surface area contributed by atoms with Crippen LogP contribution in [-0.2, 0) is 5.41 Å². The first kappa shape index (κ1) is 15.4. The van der Waals surface area contributed by atoms with Crippen LogP contribution in [0.1, 0.15) is 52.5 Å². The van der Waals surface area contributed by atoms with Crippen molar-refractivity contribution in [3.8, 4) is 0 Å². The molecule has 1 aromatic carbocycles. The normalized spacial score (nSPS) is 18.2. The molecule has 2 heteroatoms. The number of nitrogens with one attached hydrogen (secondary N) is 1. The van der Waals surface area contributed by atoms with Gasteiger partial charge in [0.2, 0.25) is 0 Å². The van der Waals surface area contributed by atoms with Crippen molar-refractivity contribution in [1.29, 1.82) is 0 Å². The molecule has 0 amide bonds. The van der Waals surface area contributed by atoms with Crippen LogP contribution in [0, 0.1) is 0 Å². The van der Waals surface area contributed by atoms with Gasteiger partial charge < -0.3 is 10.2 Å². The van der Waals surface area contributed by atoms with E-state index in [4.69, 9.17) is 0 Å². The van der Waals surface area contributed by atoms with Crippen LogP contribution >= 0.6 is 0 Å². The van der Waals surface area contributed by atoms with Gasteiger partial charge in [-0.1, -0.05) is 45.9 Å². The van der Waals surface area contributed by atoms with Gasteiger partial charge >= 0.3 is 0 Å². The number of hydrogen-bond donors (Lipinski definition) is 1. The summed E-state index contributed by atoms with van der Waals surface area (Å²) < 4.78 is 0. The molecule has 1 saturated heterocycles. The largest absolute Gasteiger partial charge is 0.382 e. The Balaban J connectivity index is 1.98. The Kier molecular flexibility index (Phi) is 5.09. The van der Waals surface area contributed by atoms with E-state index in [0.717, 1.165) is 0 Å². The molecule has 0 saturated carbocycles. The molecule has 112 valence electrons. The van der Waals surface area contributed by atoms with Gasteiger partial charge in [-0.05, 0) is 42.9 Å². The average Bonchev–Trinajstić information content (AvgIpc) is 2.41. The predicted molar refractivity (Wildman–Crippen MR) is 88.5 cm³/mol. The van der Waals surface area contributed by atoms with E-state index < -0.39 is 0 Å². The van der Waals surface area contributed by atoms with E-state index in [1.54, 1.807) is 0 Å². The minimum absolute atomic E-state index is 0.201. The summed E-state index contributed by atoms with van der Waals surface area (Å²) in [5.74, 6) is 0. The van der Waals surface area contributed by atoms with Gasteiger partial charge in [-0.2, -0.15) is 0 Å². The van der Waals surface area contributed by atoms with Crippen LogP contribution in [-0.4, -0.2) is 30.6 Å². The second kappa shape index (κ2) is 6.62. The van der Waals surface area contributed by atoms with Crippen molar-refractivity contribution in [3.05, 3.63) is 29.8 Å². The van der Waals surface area contributed by atoms with Crippen molar-refractivity contribution in [3.63, 3.8) is 0 Å². The highest BCUT2D eigenvalue weighted by Gasteiger charge is 2.22. The lowest BCUT2D eigenvalue weighted by molar-refractivity contribution is 0.219. The summed E-state index contributed by atoms with van der Waals surface area (Å²) in [6.45, 7) is 12.9. The van der Waals surface area contributed by atoms with Crippen LogP contribution in [0.5, 0.6) is 0 Å². The number of para-hydroxylation sites is 1. The van der Waals surface area contributed by atoms with Gasteiger partial charge in [0.25, 0.3) is 0 Å². The SMILES string of the molecule is CCCN1CCC(Nc2ccccc2C(C)(C)C)CC1. The van der Waals surface area contributed by atoms with Gasteiger partial charge in [0.1, 0.15) is 0 Å². The molecule has 2 nitrogen and oxygen atoms in total. The van der Waals surface area contributed by atoms with Crippen molar-refractivity contribution in [2.45, 2.75) is 58.4 Å². The topological polar surface area (TPSA) is 15.3 Å². The molecular weight excluding hydrogens is 244 g/mol. The highest BCUT2D eigenvalue weighted by Crippen LogP contribution is 2.30. The zero-order chi connectivity index (χ0) is 14.6. The molecule has 1 aliphatic rings. The summed E-state index contributed by atoms with van der Waals surface area (Å²) in [4.78, 5) is 2.59. The monoisotopic (exact) mass is 274 g/mol. The van der Waals surface area contributed by atoms with E-state index in [2.05, 4.69) is 62.2 Å². The molecule has 0 aliphatic carbocycles. The molecule has 0 aromatic heterocycles. The zero-order valence-electron chi connectivity index (χ0n) is 13.6.